The average Bonchev–Trinajstić information content (AvgIpc) is 3.17. The van der Waals surface area contributed by atoms with Gasteiger partial charge < -0.3 is 20.4 Å². The first-order valence-corrected chi connectivity index (χ1v) is 8.91. The Labute approximate surface area is 151 Å². The number of urea groups is 1. The normalized spacial score (nSPS) is 20.0. The van der Waals surface area contributed by atoms with Gasteiger partial charge in [-0.2, -0.15) is 0 Å². The van der Waals surface area contributed by atoms with Gasteiger partial charge in [-0.25, -0.2) is 9.18 Å². The lowest BCUT2D eigenvalue weighted by Crippen LogP contribution is -2.44. The van der Waals surface area contributed by atoms with Crippen molar-refractivity contribution < 1.29 is 18.8 Å². The number of rotatable bonds is 6. The summed E-state index contributed by atoms with van der Waals surface area (Å²) in [6.45, 7) is 2.22. The van der Waals surface area contributed by atoms with Crippen molar-refractivity contribution in [2.75, 3.05) is 31.1 Å². The number of likely N-dealkylation sites (tertiary alicyclic amines) is 1. The van der Waals surface area contributed by atoms with Crippen LogP contribution in [0.15, 0.2) is 24.3 Å². The molecule has 7 nitrogen and oxygen atoms in total. The molecule has 4 amide bonds. The van der Waals surface area contributed by atoms with E-state index in [1.807, 2.05) is 4.90 Å². The van der Waals surface area contributed by atoms with E-state index in [4.69, 9.17) is 0 Å². The molecule has 26 heavy (non-hydrogen) atoms. The molecule has 140 valence electrons. The minimum Gasteiger partial charge on any atom is -0.343 e. The predicted octanol–water partition coefficient (Wildman–Crippen LogP) is 1.24. The summed E-state index contributed by atoms with van der Waals surface area (Å²) < 4.78 is 13.3. The molecule has 2 fully saturated rings. The second-order valence-electron chi connectivity index (χ2n) is 6.62. The minimum absolute atomic E-state index is 0.145. The van der Waals surface area contributed by atoms with Crippen molar-refractivity contribution in [1.82, 2.24) is 15.5 Å². The molecule has 0 radical (unpaired) electrons. The summed E-state index contributed by atoms with van der Waals surface area (Å²) in [7, 11) is 0. The summed E-state index contributed by atoms with van der Waals surface area (Å²) in [5, 5.41) is 5.52. The van der Waals surface area contributed by atoms with Gasteiger partial charge in [0.25, 0.3) is 0 Å². The highest BCUT2D eigenvalue weighted by Crippen LogP contribution is 2.22. The van der Waals surface area contributed by atoms with Crippen molar-refractivity contribution in [3.63, 3.8) is 0 Å². The van der Waals surface area contributed by atoms with Crippen molar-refractivity contribution in [1.29, 1.82) is 0 Å². The van der Waals surface area contributed by atoms with Crippen LogP contribution in [0.2, 0.25) is 0 Å². The lowest BCUT2D eigenvalue weighted by molar-refractivity contribution is -0.127. The molecule has 0 saturated carbocycles. The van der Waals surface area contributed by atoms with E-state index in [-0.39, 0.29) is 30.3 Å². The average molecular weight is 362 g/mol. The quantitative estimate of drug-likeness (QED) is 0.747. The zero-order valence-corrected chi connectivity index (χ0v) is 14.5. The maximum Gasteiger partial charge on any atom is 0.315 e. The van der Waals surface area contributed by atoms with E-state index in [9.17, 15) is 18.8 Å². The number of amides is 4. The van der Waals surface area contributed by atoms with E-state index < -0.39 is 5.82 Å². The van der Waals surface area contributed by atoms with Gasteiger partial charge in [-0.1, -0.05) is 6.07 Å². The van der Waals surface area contributed by atoms with Crippen molar-refractivity contribution in [3.05, 3.63) is 30.1 Å². The molecule has 0 spiro atoms. The highest BCUT2D eigenvalue weighted by atomic mass is 19.1. The Morgan fingerprint density at radius 1 is 1.27 bits per heavy atom. The monoisotopic (exact) mass is 362 g/mol. The van der Waals surface area contributed by atoms with Gasteiger partial charge in [-0.15, -0.1) is 0 Å². The van der Waals surface area contributed by atoms with Crippen molar-refractivity contribution in [2.24, 2.45) is 0 Å². The molecule has 1 aromatic rings. The zero-order valence-electron chi connectivity index (χ0n) is 14.5. The first-order chi connectivity index (χ1) is 12.5. The number of nitrogens with zero attached hydrogens (tertiary/aromatic N) is 2. The van der Waals surface area contributed by atoms with Crippen LogP contribution in [0.5, 0.6) is 0 Å². The number of hydrogen-bond acceptors (Lipinski definition) is 3. The van der Waals surface area contributed by atoms with Gasteiger partial charge in [0.05, 0.1) is 6.04 Å². The third-order valence-corrected chi connectivity index (χ3v) is 4.64. The van der Waals surface area contributed by atoms with Crippen LogP contribution < -0.4 is 15.5 Å². The standard InChI is InChI=1S/C18H23FN4O3/c19-13-4-1-5-15(10-13)23-12-14(11-17(23)25)21-18(26)20-7-3-9-22-8-2-6-16(22)24/h1,4-5,10,14H,2-3,6-9,11-12H2,(H2,20,21,26)/t14-/m0/s1. The minimum atomic E-state index is -0.402. The molecule has 8 heteroatoms. The molecule has 0 aromatic heterocycles. The Hall–Kier alpha value is -2.64. The molecule has 3 rings (SSSR count). The summed E-state index contributed by atoms with van der Waals surface area (Å²) in [5.41, 5.74) is 0.495. The van der Waals surface area contributed by atoms with Crippen LogP contribution in [0.3, 0.4) is 0 Å². The first kappa shape index (κ1) is 18.2. The summed E-state index contributed by atoms with van der Waals surface area (Å²) in [6.07, 6.45) is 2.40. The van der Waals surface area contributed by atoms with Gasteiger partial charge in [0, 0.05) is 44.7 Å². The van der Waals surface area contributed by atoms with Crippen LogP contribution in [0.1, 0.15) is 25.7 Å². The topological polar surface area (TPSA) is 81.8 Å². The van der Waals surface area contributed by atoms with Crippen molar-refractivity contribution in [3.8, 4) is 0 Å². The molecule has 2 heterocycles. The summed E-state index contributed by atoms with van der Waals surface area (Å²) in [4.78, 5) is 38.9. The number of hydrogen-bond donors (Lipinski definition) is 2. The van der Waals surface area contributed by atoms with Crippen LogP contribution in [0.25, 0.3) is 0 Å². The largest absolute Gasteiger partial charge is 0.343 e. The van der Waals surface area contributed by atoms with E-state index in [0.717, 1.165) is 13.0 Å². The first-order valence-electron chi connectivity index (χ1n) is 8.91. The number of nitrogens with one attached hydrogen (secondary N) is 2. The van der Waals surface area contributed by atoms with Gasteiger partial charge in [0.2, 0.25) is 11.8 Å². The van der Waals surface area contributed by atoms with E-state index in [1.165, 1.54) is 17.0 Å². The number of halogens is 1. The molecule has 2 N–H and O–H groups in total. The Kier molecular flexibility index (Phi) is 5.70. The Balaban J connectivity index is 1.39. The van der Waals surface area contributed by atoms with Crippen LogP contribution in [0, 0.1) is 5.82 Å². The van der Waals surface area contributed by atoms with Crippen molar-refractivity contribution in [2.45, 2.75) is 31.7 Å². The molecule has 0 bridgehead atoms. The number of anilines is 1. The predicted molar refractivity (Wildman–Crippen MR) is 94.1 cm³/mol. The molecule has 2 aliphatic rings. The van der Waals surface area contributed by atoms with E-state index >= 15 is 0 Å². The molecule has 1 atom stereocenters. The Bertz CT molecular complexity index is 697. The summed E-state index contributed by atoms with van der Waals surface area (Å²) in [5.74, 6) is -0.370. The molecule has 2 saturated heterocycles. The number of benzene rings is 1. The molecule has 2 aliphatic heterocycles. The van der Waals surface area contributed by atoms with E-state index in [2.05, 4.69) is 10.6 Å². The molecule has 0 aliphatic carbocycles. The van der Waals surface area contributed by atoms with Crippen molar-refractivity contribution >= 4 is 23.5 Å². The number of carbonyl (C=O) groups excluding carboxylic acids is 3. The smallest absolute Gasteiger partial charge is 0.315 e. The molecule has 0 unspecified atom stereocenters. The Morgan fingerprint density at radius 2 is 2.12 bits per heavy atom. The molecular weight excluding hydrogens is 339 g/mol. The fourth-order valence-electron chi connectivity index (χ4n) is 3.35. The summed E-state index contributed by atoms with van der Waals surface area (Å²) >= 11 is 0. The SMILES string of the molecule is O=C(NCCCN1CCCC1=O)N[C@H]1CC(=O)N(c2cccc(F)c2)C1. The maximum absolute atomic E-state index is 13.3. The van der Waals surface area contributed by atoms with Crippen LogP contribution in [0.4, 0.5) is 14.9 Å². The second kappa shape index (κ2) is 8.16. The van der Waals surface area contributed by atoms with Crippen LogP contribution in [-0.4, -0.2) is 55.0 Å². The molecule has 1 aromatic carbocycles. The van der Waals surface area contributed by atoms with Gasteiger partial charge in [0.15, 0.2) is 0 Å². The van der Waals surface area contributed by atoms with E-state index in [1.54, 1.807) is 12.1 Å². The van der Waals surface area contributed by atoms with Gasteiger partial charge in [-0.05, 0) is 31.0 Å². The third-order valence-electron chi connectivity index (χ3n) is 4.64. The molecular formula is C18H23FN4O3. The van der Waals surface area contributed by atoms with Gasteiger partial charge >= 0.3 is 6.03 Å². The maximum atomic E-state index is 13.3. The Morgan fingerprint density at radius 3 is 2.85 bits per heavy atom. The summed E-state index contributed by atoms with van der Waals surface area (Å²) in [6, 6.07) is 5.20. The third kappa shape index (κ3) is 4.50. The highest BCUT2D eigenvalue weighted by molar-refractivity contribution is 5.96. The van der Waals surface area contributed by atoms with Crippen LogP contribution >= 0.6 is 0 Å². The fraction of sp³-hybridized carbons (Fsp3) is 0.500. The number of carbonyl (C=O) groups is 3. The lowest BCUT2D eigenvalue weighted by Gasteiger charge is -2.18. The fourth-order valence-corrected chi connectivity index (χ4v) is 3.35. The van der Waals surface area contributed by atoms with Gasteiger partial charge in [0.1, 0.15) is 5.82 Å². The lowest BCUT2D eigenvalue weighted by atomic mass is 10.2. The van der Waals surface area contributed by atoms with E-state index in [0.29, 0.717) is 38.2 Å². The van der Waals surface area contributed by atoms with Crippen LogP contribution in [-0.2, 0) is 9.59 Å². The zero-order chi connectivity index (χ0) is 18.5. The highest BCUT2D eigenvalue weighted by Gasteiger charge is 2.31. The second-order valence-corrected chi connectivity index (χ2v) is 6.62. The van der Waals surface area contributed by atoms with Gasteiger partial charge in [-0.3, -0.25) is 9.59 Å².